The number of aryl methyl sites for hydroxylation is 1. The molecule has 0 saturated heterocycles. The van der Waals surface area contributed by atoms with Crippen molar-refractivity contribution >= 4 is 32.3 Å². The number of aromatic nitrogens is 1. The van der Waals surface area contributed by atoms with Gasteiger partial charge in [-0.2, -0.15) is 5.26 Å². The minimum Gasteiger partial charge on any atom is -0.395 e. The Morgan fingerprint density at radius 3 is 2.54 bits per heavy atom. The molecule has 0 aliphatic heterocycles. The van der Waals surface area contributed by atoms with E-state index >= 15 is 0 Å². The normalized spacial score (nSPS) is 12.4. The number of anilines is 2. The first kappa shape index (κ1) is 22.3. The van der Waals surface area contributed by atoms with Crippen LogP contribution in [0.1, 0.15) is 11.1 Å². The molecule has 0 radical (unpaired) electrons. The molecule has 0 bridgehead atoms. The molecule has 9 nitrogen and oxygen atoms in total. The number of nitriles is 1. The molecule has 0 aromatic carbocycles. The van der Waals surface area contributed by atoms with Crippen LogP contribution in [0.2, 0.25) is 0 Å². The summed E-state index contributed by atoms with van der Waals surface area (Å²) in [4.78, 5) is 4.28. The van der Waals surface area contributed by atoms with Gasteiger partial charge in [-0.05, 0) is 18.6 Å². The van der Waals surface area contributed by atoms with Crippen LogP contribution in [0.25, 0.3) is 0 Å². The topological polar surface area (TPSA) is 152 Å². The number of pyridine rings is 1. The summed E-state index contributed by atoms with van der Waals surface area (Å²) in [5.41, 5.74) is 1.03. The highest BCUT2D eigenvalue weighted by Gasteiger charge is 2.12. The molecular formula is C15H24N4O5S2. The van der Waals surface area contributed by atoms with Gasteiger partial charge in [-0.3, -0.25) is 4.21 Å². The molecule has 0 spiro atoms. The molecule has 0 fully saturated rings. The van der Waals surface area contributed by atoms with Crippen molar-refractivity contribution in [1.29, 1.82) is 5.26 Å². The first-order chi connectivity index (χ1) is 12.3. The first-order valence-corrected chi connectivity index (χ1v) is 11.3. The average molecular weight is 405 g/mol. The van der Waals surface area contributed by atoms with E-state index in [-0.39, 0.29) is 30.4 Å². The van der Waals surface area contributed by atoms with Crippen LogP contribution in [0.3, 0.4) is 0 Å². The van der Waals surface area contributed by atoms with Crippen molar-refractivity contribution in [2.75, 3.05) is 59.9 Å². The van der Waals surface area contributed by atoms with Crippen LogP contribution in [-0.2, 0) is 20.6 Å². The van der Waals surface area contributed by atoms with Crippen molar-refractivity contribution in [2.45, 2.75) is 6.92 Å². The molecule has 4 N–H and O–H groups in total. The zero-order chi connectivity index (χ0) is 19.6. The van der Waals surface area contributed by atoms with Crippen LogP contribution in [-0.4, -0.2) is 77.1 Å². The summed E-state index contributed by atoms with van der Waals surface area (Å²) in [7, 11) is -4.48. The van der Waals surface area contributed by atoms with Gasteiger partial charge in [0, 0.05) is 35.4 Å². The monoisotopic (exact) mass is 404 g/mol. The molecule has 146 valence electrons. The lowest BCUT2D eigenvalue weighted by molar-refractivity contribution is 0.319. The highest BCUT2D eigenvalue weighted by molar-refractivity contribution is 7.91. The molecule has 1 aromatic rings. The van der Waals surface area contributed by atoms with E-state index in [2.05, 4.69) is 21.7 Å². The Bertz CT molecular complexity index is 762. The number of aliphatic hydroxyl groups excluding tert-OH is 2. The third-order valence-corrected chi connectivity index (χ3v) is 6.32. The fraction of sp³-hybridized carbons (Fsp3) is 0.600. The van der Waals surface area contributed by atoms with E-state index in [1.54, 1.807) is 13.0 Å². The van der Waals surface area contributed by atoms with Gasteiger partial charge in [-0.25, -0.2) is 13.4 Å². The lowest BCUT2D eigenvalue weighted by atomic mass is 10.1. The smallest absolute Gasteiger partial charge is 0.154 e. The molecule has 0 amide bonds. The van der Waals surface area contributed by atoms with E-state index in [1.807, 2.05) is 0 Å². The highest BCUT2D eigenvalue weighted by Crippen LogP contribution is 2.20. The standard InChI is InChI=1S/C15H24N4O5S2/c1-12-10-14(17-3-8-26(23,24)9-5-21)19-15(13(12)11-16)18-2-6-25(22)7-4-20/h10,20-21H,2-9H2,1H3,(H2,17,18,19). The Kier molecular flexibility index (Phi) is 9.50. The molecule has 1 aromatic heterocycles. The number of hydrogen-bond donors (Lipinski definition) is 4. The summed E-state index contributed by atoms with van der Waals surface area (Å²) < 4.78 is 34.7. The fourth-order valence-corrected chi connectivity index (χ4v) is 3.73. The Hall–Kier alpha value is -1.74. The third-order valence-electron chi connectivity index (χ3n) is 3.39. The van der Waals surface area contributed by atoms with E-state index in [0.29, 0.717) is 35.1 Å². The van der Waals surface area contributed by atoms with Gasteiger partial charge in [0.25, 0.3) is 0 Å². The molecule has 11 heteroatoms. The lowest BCUT2D eigenvalue weighted by Crippen LogP contribution is -2.21. The maximum Gasteiger partial charge on any atom is 0.154 e. The molecule has 0 saturated carbocycles. The van der Waals surface area contributed by atoms with Crippen molar-refractivity contribution < 1.29 is 22.8 Å². The average Bonchev–Trinajstić information content (AvgIpc) is 2.54. The number of hydrogen-bond acceptors (Lipinski definition) is 9. The molecule has 0 aliphatic carbocycles. The first-order valence-electron chi connectivity index (χ1n) is 7.99. The largest absolute Gasteiger partial charge is 0.395 e. The summed E-state index contributed by atoms with van der Waals surface area (Å²) in [5.74, 6) is 0.824. The number of aliphatic hydroxyl groups is 2. The SMILES string of the molecule is Cc1cc(NCCS(=O)(=O)CCO)nc(NCCS(=O)CCO)c1C#N. The van der Waals surface area contributed by atoms with Crippen molar-refractivity contribution in [1.82, 2.24) is 4.98 Å². The Morgan fingerprint density at radius 1 is 1.19 bits per heavy atom. The quantitative estimate of drug-likeness (QED) is 0.352. The van der Waals surface area contributed by atoms with Crippen molar-refractivity contribution in [3.05, 3.63) is 17.2 Å². The van der Waals surface area contributed by atoms with E-state index in [1.165, 1.54) is 0 Å². The van der Waals surface area contributed by atoms with Crippen molar-refractivity contribution in [3.8, 4) is 6.07 Å². The van der Waals surface area contributed by atoms with Crippen LogP contribution in [0.15, 0.2) is 6.07 Å². The van der Waals surface area contributed by atoms with Gasteiger partial charge in [-0.15, -0.1) is 0 Å². The van der Waals surface area contributed by atoms with Crippen LogP contribution < -0.4 is 10.6 Å². The highest BCUT2D eigenvalue weighted by atomic mass is 32.2. The zero-order valence-electron chi connectivity index (χ0n) is 14.6. The molecule has 1 unspecified atom stereocenters. The van der Waals surface area contributed by atoms with Gasteiger partial charge in [0.1, 0.15) is 17.7 Å². The number of rotatable bonds is 12. The van der Waals surface area contributed by atoms with Crippen molar-refractivity contribution in [3.63, 3.8) is 0 Å². The van der Waals surface area contributed by atoms with Crippen LogP contribution in [0, 0.1) is 18.3 Å². The van der Waals surface area contributed by atoms with Gasteiger partial charge in [-0.1, -0.05) is 0 Å². The van der Waals surface area contributed by atoms with E-state index < -0.39 is 27.2 Å². The number of nitrogens with one attached hydrogen (secondary N) is 2. The predicted octanol–water partition coefficient (Wildman–Crippen LogP) is -0.766. The summed E-state index contributed by atoms with van der Waals surface area (Å²) in [6.07, 6.45) is 0. The molecule has 26 heavy (non-hydrogen) atoms. The molecule has 1 rings (SSSR count). The van der Waals surface area contributed by atoms with Gasteiger partial charge < -0.3 is 20.8 Å². The van der Waals surface area contributed by atoms with Crippen LogP contribution >= 0.6 is 0 Å². The maximum atomic E-state index is 11.6. The lowest BCUT2D eigenvalue weighted by Gasteiger charge is -2.13. The van der Waals surface area contributed by atoms with Gasteiger partial charge in [0.15, 0.2) is 9.84 Å². The van der Waals surface area contributed by atoms with Gasteiger partial charge in [0.05, 0.1) is 30.3 Å². The summed E-state index contributed by atoms with van der Waals surface area (Å²) in [6, 6.07) is 3.70. The molecule has 1 atom stereocenters. The molecule has 1 heterocycles. The summed E-state index contributed by atoms with van der Waals surface area (Å²) >= 11 is 0. The van der Waals surface area contributed by atoms with Gasteiger partial charge >= 0.3 is 0 Å². The molecular weight excluding hydrogens is 380 g/mol. The van der Waals surface area contributed by atoms with Crippen molar-refractivity contribution in [2.24, 2.45) is 0 Å². The summed E-state index contributed by atoms with van der Waals surface area (Å²) in [6.45, 7) is 1.62. The van der Waals surface area contributed by atoms with E-state index in [0.717, 1.165) is 0 Å². The second kappa shape index (κ2) is 11.1. The summed E-state index contributed by atoms with van der Waals surface area (Å²) in [5, 5.41) is 32.6. The molecule has 0 aliphatic rings. The third kappa shape index (κ3) is 7.65. The van der Waals surface area contributed by atoms with Gasteiger partial charge in [0.2, 0.25) is 0 Å². The van der Waals surface area contributed by atoms with E-state index in [9.17, 15) is 17.9 Å². The Balaban J connectivity index is 2.75. The predicted molar refractivity (Wildman–Crippen MR) is 101 cm³/mol. The van der Waals surface area contributed by atoms with Crippen LogP contribution in [0.5, 0.6) is 0 Å². The Morgan fingerprint density at radius 2 is 1.92 bits per heavy atom. The minimum atomic E-state index is -3.33. The Labute approximate surface area is 155 Å². The number of sulfone groups is 1. The number of nitrogens with zero attached hydrogens (tertiary/aromatic N) is 2. The maximum absolute atomic E-state index is 11.6. The second-order valence-electron chi connectivity index (χ2n) is 5.46. The van der Waals surface area contributed by atoms with Crippen LogP contribution in [0.4, 0.5) is 11.6 Å². The second-order valence-corrected chi connectivity index (χ2v) is 9.46. The fourth-order valence-electron chi connectivity index (χ4n) is 2.10. The zero-order valence-corrected chi connectivity index (χ0v) is 16.2. The minimum absolute atomic E-state index is 0.126. The van der Waals surface area contributed by atoms with E-state index in [4.69, 9.17) is 10.2 Å².